The summed E-state index contributed by atoms with van der Waals surface area (Å²) in [4.78, 5) is 15.2. The molecule has 0 unspecified atom stereocenters. The number of ketones is 1. The van der Waals surface area contributed by atoms with Crippen molar-refractivity contribution in [3.63, 3.8) is 0 Å². The summed E-state index contributed by atoms with van der Waals surface area (Å²) in [5.74, 6) is -0.663. The van der Waals surface area contributed by atoms with Crippen LogP contribution in [0.1, 0.15) is 38.2 Å². The summed E-state index contributed by atoms with van der Waals surface area (Å²) in [6.07, 6.45) is 1.03. The molecule has 4 nitrogen and oxygen atoms in total. The molecule has 6 heteroatoms. The molecule has 1 aliphatic carbocycles. The Morgan fingerprint density at radius 3 is 2.37 bits per heavy atom. The molecule has 0 amide bonds. The van der Waals surface area contributed by atoms with Crippen molar-refractivity contribution in [2.24, 2.45) is 11.1 Å². The van der Waals surface area contributed by atoms with E-state index in [9.17, 15) is 14.4 Å². The van der Waals surface area contributed by atoms with E-state index in [0.717, 1.165) is 15.9 Å². The second-order valence-electron chi connectivity index (χ2n) is 8.51. The third-order valence-electron chi connectivity index (χ3n) is 5.67. The van der Waals surface area contributed by atoms with Gasteiger partial charge in [-0.25, -0.2) is 4.39 Å². The van der Waals surface area contributed by atoms with E-state index >= 15 is 0 Å². The molecule has 1 heterocycles. The SMILES string of the molecule is CC1(C)CC(=O)C2=C(C1)N(c1ccc(Br)cc1)C(N)=C(C#N)[C@H]2c1ccc(F)cc1. The van der Waals surface area contributed by atoms with Crippen LogP contribution in [0.5, 0.6) is 0 Å². The highest BCUT2D eigenvalue weighted by Crippen LogP contribution is 2.50. The zero-order valence-electron chi connectivity index (χ0n) is 16.7. The first kappa shape index (κ1) is 20.4. The van der Waals surface area contributed by atoms with Crippen LogP contribution in [0.25, 0.3) is 0 Å². The van der Waals surface area contributed by atoms with Gasteiger partial charge in [0.2, 0.25) is 0 Å². The van der Waals surface area contributed by atoms with Crippen LogP contribution in [0.3, 0.4) is 0 Å². The topological polar surface area (TPSA) is 70.1 Å². The number of nitrogens with two attached hydrogens (primary N) is 1. The van der Waals surface area contributed by atoms with Gasteiger partial charge in [0.15, 0.2) is 5.78 Å². The second kappa shape index (κ2) is 7.41. The molecule has 0 spiro atoms. The summed E-state index contributed by atoms with van der Waals surface area (Å²) >= 11 is 3.44. The Bertz CT molecular complexity index is 1120. The lowest BCUT2D eigenvalue weighted by Crippen LogP contribution is -2.42. The molecule has 4 rings (SSSR count). The Morgan fingerprint density at radius 1 is 1.13 bits per heavy atom. The lowest BCUT2D eigenvalue weighted by molar-refractivity contribution is -0.118. The highest BCUT2D eigenvalue weighted by molar-refractivity contribution is 9.10. The first-order valence-corrected chi connectivity index (χ1v) is 10.5. The number of Topliss-reactive ketones (excluding diaryl/α,β-unsaturated/α-hetero) is 1. The van der Waals surface area contributed by atoms with Crippen molar-refractivity contribution in [2.75, 3.05) is 4.90 Å². The molecule has 1 aliphatic heterocycles. The van der Waals surface area contributed by atoms with Crippen molar-refractivity contribution < 1.29 is 9.18 Å². The number of rotatable bonds is 2. The Labute approximate surface area is 183 Å². The molecule has 0 saturated carbocycles. The van der Waals surface area contributed by atoms with Crippen molar-refractivity contribution >= 4 is 27.4 Å². The molecule has 2 N–H and O–H groups in total. The smallest absolute Gasteiger partial charge is 0.162 e. The van der Waals surface area contributed by atoms with E-state index in [1.807, 2.05) is 29.2 Å². The molecular formula is C24H21BrFN3O. The van der Waals surface area contributed by atoms with Crippen molar-refractivity contribution in [3.8, 4) is 6.07 Å². The van der Waals surface area contributed by atoms with Crippen molar-refractivity contribution in [1.82, 2.24) is 0 Å². The van der Waals surface area contributed by atoms with E-state index in [2.05, 4.69) is 35.8 Å². The molecular weight excluding hydrogens is 445 g/mol. The highest BCUT2D eigenvalue weighted by atomic mass is 79.9. The van der Waals surface area contributed by atoms with Gasteiger partial charge in [0.25, 0.3) is 0 Å². The van der Waals surface area contributed by atoms with Gasteiger partial charge in [0, 0.05) is 27.9 Å². The lowest BCUT2D eigenvalue weighted by atomic mass is 9.68. The average Bonchev–Trinajstić information content (AvgIpc) is 2.68. The second-order valence-corrected chi connectivity index (χ2v) is 9.42. The molecule has 2 aromatic carbocycles. The van der Waals surface area contributed by atoms with Crippen LogP contribution >= 0.6 is 15.9 Å². The first-order valence-electron chi connectivity index (χ1n) is 9.69. The molecule has 0 aromatic heterocycles. The summed E-state index contributed by atoms with van der Waals surface area (Å²) in [7, 11) is 0. The fraction of sp³-hybridized carbons (Fsp3) is 0.250. The minimum absolute atomic E-state index is 0.00191. The third kappa shape index (κ3) is 3.44. The van der Waals surface area contributed by atoms with Crippen LogP contribution in [0, 0.1) is 22.6 Å². The monoisotopic (exact) mass is 465 g/mol. The Kier molecular flexibility index (Phi) is 5.03. The van der Waals surface area contributed by atoms with E-state index < -0.39 is 5.92 Å². The van der Waals surface area contributed by atoms with Gasteiger partial charge in [0.1, 0.15) is 11.6 Å². The number of benzene rings is 2. The predicted octanol–water partition coefficient (Wildman–Crippen LogP) is 5.53. The summed E-state index contributed by atoms with van der Waals surface area (Å²) in [5, 5.41) is 10.0. The maximum absolute atomic E-state index is 13.5. The molecule has 1 atom stereocenters. The first-order chi connectivity index (χ1) is 14.2. The third-order valence-corrected chi connectivity index (χ3v) is 6.20. The number of halogens is 2. The molecule has 0 fully saturated rings. The van der Waals surface area contributed by atoms with Gasteiger partial charge in [-0.15, -0.1) is 0 Å². The minimum Gasteiger partial charge on any atom is -0.384 e. The number of allylic oxidation sites excluding steroid dienone is 3. The number of anilines is 1. The van der Waals surface area contributed by atoms with Crippen molar-refractivity contribution in [3.05, 3.63) is 87.0 Å². The van der Waals surface area contributed by atoms with Crippen molar-refractivity contribution in [1.29, 1.82) is 5.26 Å². The number of nitrogens with zero attached hydrogens (tertiary/aromatic N) is 2. The highest BCUT2D eigenvalue weighted by Gasteiger charge is 2.44. The van der Waals surface area contributed by atoms with Gasteiger partial charge in [-0.2, -0.15) is 5.26 Å². The molecule has 0 saturated heterocycles. The Balaban J connectivity index is 1.98. The lowest BCUT2D eigenvalue weighted by Gasteiger charge is -2.43. The maximum atomic E-state index is 13.5. The predicted molar refractivity (Wildman–Crippen MR) is 118 cm³/mol. The number of hydrogen-bond acceptors (Lipinski definition) is 4. The summed E-state index contributed by atoms with van der Waals surface area (Å²) < 4.78 is 14.5. The largest absolute Gasteiger partial charge is 0.384 e. The van der Waals surface area contributed by atoms with E-state index in [0.29, 0.717) is 35.4 Å². The maximum Gasteiger partial charge on any atom is 0.162 e. The van der Waals surface area contributed by atoms with E-state index in [4.69, 9.17) is 5.73 Å². The number of nitriles is 1. The average molecular weight is 466 g/mol. The number of carbonyl (C=O) groups is 1. The quantitative estimate of drug-likeness (QED) is 0.632. The number of carbonyl (C=O) groups excluding carboxylic acids is 1. The molecule has 152 valence electrons. The van der Waals surface area contributed by atoms with Gasteiger partial charge in [-0.05, 0) is 53.8 Å². The van der Waals surface area contributed by atoms with Gasteiger partial charge in [-0.1, -0.05) is 41.9 Å². The van der Waals surface area contributed by atoms with Crippen LogP contribution in [0.4, 0.5) is 10.1 Å². The summed E-state index contributed by atoms with van der Waals surface area (Å²) in [6, 6.07) is 15.8. The van der Waals surface area contributed by atoms with Crippen molar-refractivity contribution in [2.45, 2.75) is 32.6 Å². The molecule has 2 aromatic rings. The van der Waals surface area contributed by atoms with Crippen LogP contribution in [-0.4, -0.2) is 5.78 Å². The van der Waals surface area contributed by atoms with E-state index in [-0.39, 0.29) is 17.0 Å². The summed E-state index contributed by atoms with van der Waals surface area (Å²) in [6.45, 7) is 4.11. The van der Waals surface area contributed by atoms with Crippen LogP contribution in [0.15, 0.2) is 75.7 Å². The zero-order valence-corrected chi connectivity index (χ0v) is 18.3. The van der Waals surface area contributed by atoms with Gasteiger partial charge in [0.05, 0.1) is 17.6 Å². The Hall–Kier alpha value is -2.91. The molecule has 2 aliphatic rings. The summed E-state index contributed by atoms with van der Waals surface area (Å²) in [5.41, 5.74) is 9.49. The standard InChI is InChI=1S/C24H21BrFN3O/c1-24(2)11-19-22(20(30)12-24)21(14-3-7-16(26)8-4-14)18(13-27)23(28)29(19)17-9-5-15(25)6-10-17/h3-10,21H,11-12,28H2,1-2H3/t21-/m1/s1. The van der Waals surface area contributed by atoms with E-state index in [1.54, 1.807) is 12.1 Å². The molecule has 30 heavy (non-hydrogen) atoms. The van der Waals surface area contributed by atoms with Crippen LogP contribution in [-0.2, 0) is 4.79 Å². The zero-order chi connectivity index (χ0) is 21.6. The normalized spacial score (nSPS) is 20.8. The fourth-order valence-electron chi connectivity index (χ4n) is 4.38. The van der Waals surface area contributed by atoms with Gasteiger partial charge >= 0.3 is 0 Å². The number of hydrogen-bond donors (Lipinski definition) is 1. The van der Waals surface area contributed by atoms with Gasteiger partial charge in [-0.3, -0.25) is 9.69 Å². The van der Waals surface area contributed by atoms with Crippen LogP contribution in [0.2, 0.25) is 0 Å². The minimum atomic E-state index is -0.596. The molecule has 0 radical (unpaired) electrons. The van der Waals surface area contributed by atoms with Crippen LogP contribution < -0.4 is 10.6 Å². The van der Waals surface area contributed by atoms with Gasteiger partial charge < -0.3 is 5.73 Å². The molecule has 0 bridgehead atoms. The fourth-order valence-corrected chi connectivity index (χ4v) is 4.65. The van der Waals surface area contributed by atoms with E-state index in [1.165, 1.54) is 12.1 Å². The Morgan fingerprint density at radius 2 is 1.77 bits per heavy atom.